The maximum Gasteiger partial charge on any atom is 0.249 e. The highest BCUT2D eigenvalue weighted by Gasteiger charge is 2.53. The number of carbonyl (C=O) groups excluding carboxylic acids is 2. The van der Waals surface area contributed by atoms with E-state index in [-0.39, 0.29) is 55.2 Å². The van der Waals surface area contributed by atoms with Crippen LogP contribution in [0.15, 0.2) is 36.4 Å². The average Bonchev–Trinajstić information content (AvgIpc) is 3.57. The number of amides is 2. The fourth-order valence-electron chi connectivity index (χ4n) is 7.71. The van der Waals surface area contributed by atoms with Crippen LogP contribution < -0.4 is 31.5 Å². The second kappa shape index (κ2) is 12.1. The van der Waals surface area contributed by atoms with Gasteiger partial charge in [0.2, 0.25) is 11.8 Å². The molecule has 0 saturated carbocycles. The van der Waals surface area contributed by atoms with Crippen molar-refractivity contribution in [2.24, 2.45) is 5.92 Å². The number of rotatable bonds is 5. The number of carbonyl (C=O) groups is 2. The van der Waals surface area contributed by atoms with Crippen molar-refractivity contribution in [3.05, 3.63) is 36.4 Å². The van der Waals surface area contributed by atoms with E-state index in [1.165, 1.54) is 18.5 Å². The molecule has 1 aromatic carbocycles. The Morgan fingerprint density at radius 3 is 2.69 bits per heavy atom. The number of nitrogens with one attached hydrogen (secondary N) is 5. The van der Waals surface area contributed by atoms with Crippen LogP contribution in [0.25, 0.3) is 0 Å². The molecule has 228 valence electrons. The highest BCUT2D eigenvalue weighted by molar-refractivity contribution is 5.82. The Labute approximate surface area is 248 Å². The summed E-state index contributed by atoms with van der Waals surface area (Å²) in [5.74, 6) is -0.0404. The molecule has 5 N–H and O–H groups in total. The number of nitrogens with zero attached hydrogens (tertiary/aromatic N) is 4. The summed E-state index contributed by atoms with van der Waals surface area (Å²) in [6.07, 6.45) is 9.47. The van der Waals surface area contributed by atoms with Gasteiger partial charge in [-0.05, 0) is 69.8 Å². The zero-order chi connectivity index (χ0) is 28.6. The van der Waals surface area contributed by atoms with Crippen LogP contribution in [-0.4, -0.2) is 110 Å². The lowest BCUT2D eigenvalue weighted by Gasteiger charge is -2.50. The third-order valence-corrected chi connectivity index (χ3v) is 9.77. The quantitative estimate of drug-likeness (QED) is 0.314. The molecule has 0 radical (unpaired) electrons. The van der Waals surface area contributed by atoms with Gasteiger partial charge in [-0.25, -0.2) is 0 Å². The predicted molar refractivity (Wildman–Crippen MR) is 160 cm³/mol. The number of likely N-dealkylation sites (N-methyl/N-ethyl adjacent to an activating group) is 1. The van der Waals surface area contributed by atoms with E-state index in [1.807, 2.05) is 17.0 Å². The van der Waals surface area contributed by atoms with Gasteiger partial charge in [0.25, 0.3) is 0 Å². The van der Waals surface area contributed by atoms with E-state index < -0.39 is 0 Å². The Bertz CT molecular complexity index is 1170. The van der Waals surface area contributed by atoms with Crippen LogP contribution in [-0.2, 0) is 14.3 Å². The zero-order valence-electron chi connectivity index (χ0n) is 24.5. The molecule has 6 unspecified atom stereocenters. The van der Waals surface area contributed by atoms with Gasteiger partial charge in [0, 0.05) is 43.6 Å². The van der Waals surface area contributed by atoms with Gasteiger partial charge >= 0.3 is 0 Å². The number of hydrazine groups is 1. The van der Waals surface area contributed by atoms with Crippen LogP contribution >= 0.6 is 0 Å². The lowest BCUT2D eigenvalue weighted by atomic mass is 9.99. The molecule has 0 aromatic heterocycles. The smallest absolute Gasteiger partial charge is 0.249 e. The first-order chi connectivity index (χ1) is 20.6. The highest BCUT2D eigenvalue weighted by Crippen LogP contribution is 2.34. The number of anilines is 2. The van der Waals surface area contributed by atoms with Crippen LogP contribution in [0, 0.1) is 5.92 Å². The van der Waals surface area contributed by atoms with Crippen LogP contribution in [0.5, 0.6) is 0 Å². The van der Waals surface area contributed by atoms with Crippen molar-refractivity contribution in [2.45, 2.75) is 75.5 Å². The summed E-state index contributed by atoms with van der Waals surface area (Å²) in [4.78, 5) is 31.0. The van der Waals surface area contributed by atoms with Crippen molar-refractivity contribution >= 4 is 23.2 Å². The molecule has 2 amide bonds. The lowest BCUT2D eigenvalue weighted by Crippen LogP contribution is -2.72. The Hall–Kier alpha value is -2.74. The third kappa shape index (κ3) is 5.29. The normalized spacial score (nSPS) is 36.2. The Morgan fingerprint density at radius 1 is 0.976 bits per heavy atom. The van der Waals surface area contributed by atoms with Crippen molar-refractivity contribution < 1.29 is 14.3 Å². The molecule has 0 spiro atoms. The second-order valence-electron chi connectivity index (χ2n) is 12.4. The van der Waals surface area contributed by atoms with Gasteiger partial charge < -0.3 is 25.2 Å². The summed E-state index contributed by atoms with van der Waals surface area (Å²) in [5.41, 5.74) is 2.28. The molecule has 6 aliphatic heterocycles. The maximum absolute atomic E-state index is 13.7. The maximum atomic E-state index is 13.7. The standard InChI is InChI=1S/C30H45N9O3/c1-31-17-22-7-6-15-36(22)21-10-8-20(9-11-21)33-30-32-18-23-27(35-30)39-25-13-12-24-28(34-25)37(26(40)19-42-24)14-4-2-3-5-16-38(39)29(23)41/h3,5,8-11,22-25,27-28,30-35H,2,4,6-7,12-19H2,1H3/b5-3-/t22-,23?,24?,25?,27?,28?,30?/m0/s1. The Kier molecular flexibility index (Phi) is 8.08. The molecule has 5 saturated heterocycles. The first kappa shape index (κ1) is 28.1. The van der Waals surface area contributed by atoms with E-state index in [2.05, 4.69) is 72.9 Å². The number of hydrogen-bond acceptors (Lipinski definition) is 10. The molecule has 6 heterocycles. The van der Waals surface area contributed by atoms with E-state index >= 15 is 0 Å². The number of piperidine rings is 1. The van der Waals surface area contributed by atoms with Gasteiger partial charge in [-0.15, -0.1) is 0 Å². The van der Waals surface area contributed by atoms with Crippen LogP contribution in [0.4, 0.5) is 11.4 Å². The zero-order valence-corrected chi connectivity index (χ0v) is 24.5. The third-order valence-electron chi connectivity index (χ3n) is 9.77. The summed E-state index contributed by atoms with van der Waals surface area (Å²) in [6.45, 7) is 4.08. The second-order valence-corrected chi connectivity index (χ2v) is 12.4. The summed E-state index contributed by atoms with van der Waals surface area (Å²) in [5, 5.41) is 22.0. The first-order valence-corrected chi connectivity index (χ1v) is 15.8. The minimum atomic E-state index is -0.205. The molecule has 7 rings (SSSR count). The van der Waals surface area contributed by atoms with Crippen LogP contribution in [0.1, 0.15) is 38.5 Å². The first-order valence-electron chi connectivity index (χ1n) is 15.8. The fourth-order valence-corrected chi connectivity index (χ4v) is 7.71. The summed E-state index contributed by atoms with van der Waals surface area (Å²) < 4.78 is 5.94. The molecule has 12 nitrogen and oxygen atoms in total. The van der Waals surface area contributed by atoms with Crippen molar-refractivity contribution in [1.82, 2.24) is 36.2 Å². The van der Waals surface area contributed by atoms with E-state index in [0.29, 0.717) is 25.7 Å². The monoisotopic (exact) mass is 579 g/mol. The summed E-state index contributed by atoms with van der Waals surface area (Å²) >= 11 is 0. The summed E-state index contributed by atoms with van der Waals surface area (Å²) in [7, 11) is 2.02. The molecule has 7 atom stereocenters. The number of morpholine rings is 1. The highest BCUT2D eigenvalue weighted by atomic mass is 16.5. The van der Waals surface area contributed by atoms with E-state index in [1.54, 1.807) is 0 Å². The van der Waals surface area contributed by atoms with Gasteiger partial charge in [0.15, 0.2) is 0 Å². The van der Waals surface area contributed by atoms with Gasteiger partial charge in [0.1, 0.15) is 19.1 Å². The van der Waals surface area contributed by atoms with Crippen molar-refractivity contribution in [1.29, 1.82) is 0 Å². The molecule has 0 aliphatic carbocycles. The van der Waals surface area contributed by atoms with Gasteiger partial charge in [0.05, 0.1) is 30.9 Å². The molecule has 2 bridgehead atoms. The van der Waals surface area contributed by atoms with E-state index in [0.717, 1.165) is 44.5 Å². The van der Waals surface area contributed by atoms with E-state index in [4.69, 9.17) is 4.74 Å². The molecule has 42 heavy (non-hydrogen) atoms. The minimum absolute atomic E-state index is 0.0209. The Morgan fingerprint density at radius 2 is 1.83 bits per heavy atom. The molecule has 12 heteroatoms. The van der Waals surface area contributed by atoms with Gasteiger partial charge in [-0.2, -0.15) is 5.01 Å². The van der Waals surface area contributed by atoms with E-state index in [9.17, 15) is 9.59 Å². The lowest BCUT2D eigenvalue weighted by molar-refractivity contribution is -0.176. The largest absolute Gasteiger partial charge is 0.367 e. The Balaban J connectivity index is 1.08. The van der Waals surface area contributed by atoms with Crippen LogP contribution in [0.3, 0.4) is 0 Å². The van der Waals surface area contributed by atoms with Crippen molar-refractivity contribution in [3.8, 4) is 0 Å². The van der Waals surface area contributed by atoms with Crippen molar-refractivity contribution in [2.75, 3.05) is 56.6 Å². The molecule has 6 aliphatic rings. The molecular formula is C30H45N9O3. The van der Waals surface area contributed by atoms with Gasteiger partial charge in [-0.3, -0.25) is 30.5 Å². The summed E-state index contributed by atoms with van der Waals surface area (Å²) in [6, 6.07) is 9.23. The number of hydrogen-bond donors (Lipinski definition) is 5. The van der Waals surface area contributed by atoms with Crippen LogP contribution in [0.2, 0.25) is 0 Å². The molecule has 5 fully saturated rings. The van der Waals surface area contributed by atoms with Crippen molar-refractivity contribution in [3.63, 3.8) is 0 Å². The fraction of sp³-hybridized carbons (Fsp3) is 0.667. The number of allylic oxidation sites excluding steroid dienone is 1. The molecule has 1 aromatic rings. The SMILES string of the molecule is CNC[C@@H]1CCCN1c1ccc(NC2NCC3C(=O)N4C/C=C\CCCN5C(=O)COC6CCC(NC65)N4C3N2)cc1. The number of fused-ring (bicyclic) bond motifs is 5. The molecular weight excluding hydrogens is 534 g/mol. The minimum Gasteiger partial charge on any atom is -0.367 e. The topological polar surface area (TPSA) is 116 Å². The number of ether oxygens (including phenoxy) is 1. The van der Waals surface area contributed by atoms with Gasteiger partial charge in [-0.1, -0.05) is 12.2 Å². The number of benzene rings is 1. The predicted octanol–water partition coefficient (Wildman–Crippen LogP) is 0.378. The average molecular weight is 580 g/mol.